The maximum Gasteiger partial charge on any atom is 0.217 e. The van der Waals surface area contributed by atoms with Crippen molar-refractivity contribution in [2.45, 2.75) is 19.9 Å². The molecule has 0 aliphatic rings. The maximum absolute atomic E-state index is 10.9. The summed E-state index contributed by atoms with van der Waals surface area (Å²) in [6, 6.07) is 8.48. The normalized spacial score (nSPS) is 12.7. The molecule has 15 heavy (non-hydrogen) atoms. The van der Waals surface area contributed by atoms with Gasteiger partial charge < -0.3 is 5.32 Å². The zero-order chi connectivity index (χ0) is 10.8. The lowest BCUT2D eigenvalue weighted by Crippen LogP contribution is -2.23. The Labute approximate surface area is 92.9 Å². The van der Waals surface area contributed by atoms with Gasteiger partial charge in [0.1, 0.15) is 0 Å². The van der Waals surface area contributed by atoms with Gasteiger partial charge in [0.05, 0.1) is 6.04 Å². The molecule has 0 aliphatic heterocycles. The van der Waals surface area contributed by atoms with Gasteiger partial charge >= 0.3 is 0 Å². The Balaban J connectivity index is 2.30. The van der Waals surface area contributed by atoms with E-state index in [1.165, 1.54) is 10.1 Å². The molecule has 0 bridgehead atoms. The molecule has 3 heteroatoms. The van der Waals surface area contributed by atoms with Crippen LogP contribution in [0.5, 0.6) is 0 Å². The van der Waals surface area contributed by atoms with Crippen LogP contribution in [0.4, 0.5) is 0 Å². The molecule has 1 N–H and O–H groups in total. The van der Waals surface area contributed by atoms with Crippen LogP contribution in [0.15, 0.2) is 29.6 Å². The van der Waals surface area contributed by atoms with E-state index < -0.39 is 0 Å². The van der Waals surface area contributed by atoms with Gasteiger partial charge in [-0.1, -0.05) is 6.07 Å². The van der Waals surface area contributed by atoms with Gasteiger partial charge in [-0.2, -0.15) is 0 Å². The van der Waals surface area contributed by atoms with E-state index >= 15 is 0 Å². The van der Waals surface area contributed by atoms with Crippen molar-refractivity contribution < 1.29 is 4.79 Å². The highest BCUT2D eigenvalue weighted by Gasteiger charge is 2.07. The maximum atomic E-state index is 10.9. The van der Waals surface area contributed by atoms with E-state index in [-0.39, 0.29) is 11.9 Å². The lowest BCUT2D eigenvalue weighted by Gasteiger charge is -2.12. The van der Waals surface area contributed by atoms with Crippen molar-refractivity contribution in [3.05, 3.63) is 35.2 Å². The zero-order valence-corrected chi connectivity index (χ0v) is 9.60. The first-order valence-electron chi connectivity index (χ1n) is 4.91. The second-order valence-electron chi connectivity index (χ2n) is 3.64. The fourth-order valence-electron chi connectivity index (χ4n) is 1.64. The zero-order valence-electron chi connectivity index (χ0n) is 8.78. The van der Waals surface area contributed by atoms with Crippen LogP contribution in [0, 0.1) is 0 Å². The average molecular weight is 219 g/mol. The van der Waals surface area contributed by atoms with Gasteiger partial charge in [0.15, 0.2) is 0 Å². The largest absolute Gasteiger partial charge is 0.350 e. The number of thiophene rings is 1. The highest BCUT2D eigenvalue weighted by Crippen LogP contribution is 2.24. The van der Waals surface area contributed by atoms with Crippen molar-refractivity contribution >= 4 is 27.3 Å². The molecule has 0 spiro atoms. The average Bonchev–Trinajstić information content (AvgIpc) is 2.62. The number of benzene rings is 1. The number of rotatable bonds is 2. The third kappa shape index (κ3) is 2.18. The van der Waals surface area contributed by atoms with Crippen LogP contribution in [0.2, 0.25) is 0 Å². The van der Waals surface area contributed by atoms with Gasteiger partial charge in [0.2, 0.25) is 5.91 Å². The molecule has 1 aromatic carbocycles. The Kier molecular flexibility index (Phi) is 2.73. The molecule has 0 radical (unpaired) electrons. The predicted octanol–water partition coefficient (Wildman–Crippen LogP) is 3.10. The smallest absolute Gasteiger partial charge is 0.217 e. The fraction of sp³-hybridized carbons (Fsp3) is 0.250. The topological polar surface area (TPSA) is 29.1 Å². The molecular formula is C12H13NOS. The Morgan fingerprint density at radius 2 is 2.20 bits per heavy atom. The summed E-state index contributed by atoms with van der Waals surface area (Å²) in [4.78, 5) is 10.9. The van der Waals surface area contributed by atoms with Crippen molar-refractivity contribution in [2.75, 3.05) is 0 Å². The third-order valence-corrected chi connectivity index (χ3v) is 3.29. The lowest BCUT2D eigenvalue weighted by atomic mass is 10.1. The van der Waals surface area contributed by atoms with Gasteiger partial charge in [-0.25, -0.2) is 0 Å². The second-order valence-corrected chi connectivity index (χ2v) is 4.59. The number of hydrogen-bond acceptors (Lipinski definition) is 2. The Morgan fingerprint density at radius 3 is 2.93 bits per heavy atom. The van der Waals surface area contributed by atoms with Crippen LogP contribution in [-0.2, 0) is 4.79 Å². The van der Waals surface area contributed by atoms with E-state index in [4.69, 9.17) is 0 Å². The minimum absolute atomic E-state index is 0.00733. The fourth-order valence-corrected chi connectivity index (χ4v) is 2.41. The van der Waals surface area contributed by atoms with Crippen LogP contribution < -0.4 is 5.32 Å². The first kappa shape index (κ1) is 10.2. The van der Waals surface area contributed by atoms with E-state index in [0.717, 1.165) is 5.56 Å². The van der Waals surface area contributed by atoms with Crippen molar-refractivity contribution in [1.82, 2.24) is 5.32 Å². The van der Waals surface area contributed by atoms with Gasteiger partial charge in [0.25, 0.3) is 0 Å². The summed E-state index contributed by atoms with van der Waals surface area (Å²) in [7, 11) is 0. The molecule has 1 atom stereocenters. The molecule has 2 nitrogen and oxygen atoms in total. The molecule has 2 aromatic rings. The number of carbonyl (C=O) groups excluding carboxylic acids is 1. The van der Waals surface area contributed by atoms with Crippen LogP contribution in [0.3, 0.4) is 0 Å². The van der Waals surface area contributed by atoms with Crippen LogP contribution in [0.25, 0.3) is 10.1 Å². The number of amides is 1. The Hall–Kier alpha value is -1.35. The molecule has 2 rings (SSSR count). The summed E-state index contributed by atoms with van der Waals surface area (Å²) in [5.74, 6) is 0.00733. The number of carbonyl (C=O) groups is 1. The number of nitrogens with one attached hydrogen (secondary N) is 1. The quantitative estimate of drug-likeness (QED) is 0.826. The van der Waals surface area contributed by atoms with E-state index in [1.54, 1.807) is 18.3 Å². The van der Waals surface area contributed by atoms with Gasteiger partial charge in [-0.15, -0.1) is 11.3 Å². The van der Waals surface area contributed by atoms with Gasteiger partial charge in [-0.3, -0.25) is 4.79 Å². The molecule has 1 amide bonds. The molecular weight excluding hydrogens is 206 g/mol. The van der Waals surface area contributed by atoms with E-state index in [9.17, 15) is 4.79 Å². The monoisotopic (exact) mass is 219 g/mol. The van der Waals surface area contributed by atoms with Gasteiger partial charge in [-0.05, 0) is 41.5 Å². The van der Waals surface area contributed by atoms with Crippen molar-refractivity contribution in [3.8, 4) is 0 Å². The second kappa shape index (κ2) is 4.03. The summed E-state index contributed by atoms with van der Waals surface area (Å²) in [6.07, 6.45) is 0. The molecule has 78 valence electrons. The standard InChI is InChI=1S/C12H13NOS/c1-8(13-9(2)14)10-3-4-12-11(7-10)5-6-15-12/h3-8H,1-2H3,(H,13,14). The molecule has 0 fully saturated rings. The number of hydrogen-bond donors (Lipinski definition) is 1. The highest BCUT2D eigenvalue weighted by atomic mass is 32.1. The van der Waals surface area contributed by atoms with Crippen molar-refractivity contribution in [1.29, 1.82) is 0 Å². The summed E-state index contributed by atoms with van der Waals surface area (Å²) >= 11 is 1.73. The Morgan fingerprint density at radius 1 is 1.40 bits per heavy atom. The van der Waals surface area contributed by atoms with Crippen LogP contribution >= 0.6 is 11.3 Å². The summed E-state index contributed by atoms with van der Waals surface area (Å²) in [6.45, 7) is 3.54. The Bertz CT molecular complexity index is 489. The van der Waals surface area contributed by atoms with Gasteiger partial charge in [0, 0.05) is 11.6 Å². The van der Waals surface area contributed by atoms with Crippen LogP contribution in [0.1, 0.15) is 25.5 Å². The summed E-state index contributed by atoms with van der Waals surface area (Å²) < 4.78 is 1.29. The number of fused-ring (bicyclic) bond motifs is 1. The molecule has 1 heterocycles. The van der Waals surface area contributed by atoms with Crippen molar-refractivity contribution in [3.63, 3.8) is 0 Å². The SMILES string of the molecule is CC(=O)NC(C)c1ccc2sccc2c1. The first-order valence-corrected chi connectivity index (χ1v) is 5.79. The summed E-state index contributed by atoms with van der Waals surface area (Å²) in [5.41, 5.74) is 1.15. The van der Waals surface area contributed by atoms with E-state index in [0.29, 0.717) is 0 Å². The predicted molar refractivity (Wildman–Crippen MR) is 64.1 cm³/mol. The van der Waals surface area contributed by atoms with Crippen molar-refractivity contribution in [2.24, 2.45) is 0 Å². The first-order chi connectivity index (χ1) is 7.16. The lowest BCUT2D eigenvalue weighted by molar-refractivity contribution is -0.119. The van der Waals surface area contributed by atoms with E-state index in [1.807, 2.05) is 6.92 Å². The molecule has 1 aromatic heterocycles. The third-order valence-electron chi connectivity index (χ3n) is 2.40. The minimum atomic E-state index is 0.00733. The molecule has 0 saturated carbocycles. The van der Waals surface area contributed by atoms with E-state index in [2.05, 4.69) is 35.0 Å². The molecule has 0 saturated heterocycles. The van der Waals surface area contributed by atoms with Crippen LogP contribution in [-0.4, -0.2) is 5.91 Å². The molecule has 1 unspecified atom stereocenters. The highest BCUT2D eigenvalue weighted by molar-refractivity contribution is 7.17. The summed E-state index contributed by atoms with van der Waals surface area (Å²) in [5, 5.41) is 6.21. The molecule has 0 aliphatic carbocycles. The minimum Gasteiger partial charge on any atom is -0.350 e.